The molecule has 33 heavy (non-hydrogen) atoms. The molecule has 9 heteroatoms. The molecule has 0 aromatic heterocycles. The number of ketones is 1. The van der Waals surface area contributed by atoms with Gasteiger partial charge in [0.05, 0.1) is 5.69 Å². The summed E-state index contributed by atoms with van der Waals surface area (Å²) in [6.07, 6.45) is 0. The molecule has 5 rings (SSSR count). The lowest BCUT2D eigenvalue weighted by atomic mass is 10.1. The zero-order valence-electron chi connectivity index (χ0n) is 18.4. The number of benzene rings is 2. The van der Waals surface area contributed by atoms with Gasteiger partial charge in [-0.05, 0) is 42.8 Å². The van der Waals surface area contributed by atoms with E-state index in [0.717, 1.165) is 36.7 Å². The number of anilines is 1. The van der Waals surface area contributed by atoms with Crippen LogP contribution in [-0.4, -0.2) is 73.5 Å². The Kier molecular flexibility index (Phi) is 5.63. The highest BCUT2D eigenvalue weighted by molar-refractivity contribution is 6.04. The maximum absolute atomic E-state index is 13.0. The molecule has 0 N–H and O–H groups in total. The summed E-state index contributed by atoms with van der Waals surface area (Å²) in [4.78, 5) is 42.8. The second-order valence-corrected chi connectivity index (χ2v) is 8.35. The molecule has 2 amide bonds. The van der Waals surface area contributed by atoms with E-state index >= 15 is 0 Å². The van der Waals surface area contributed by atoms with E-state index in [1.54, 1.807) is 23.1 Å². The number of piperazine rings is 1. The Labute approximate surface area is 191 Å². The van der Waals surface area contributed by atoms with Crippen molar-refractivity contribution in [1.29, 1.82) is 0 Å². The first kappa shape index (κ1) is 21.3. The Morgan fingerprint density at radius 1 is 0.909 bits per heavy atom. The highest BCUT2D eigenvalue weighted by atomic mass is 16.7. The Morgan fingerprint density at radius 3 is 2.45 bits per heavy atom. The molecule has 3 aliphatic rings. The van der Waals surface area contributed by atoms with Crippen LogP contribution in [0.4, 0.5) is 5.69 Å². The number of Topliss-reactive ketones (excluding diaryl/α,β-unsaturated/α-hetero) is 1. The topological polar surface area (TPSA) is 88.6 Å². The van der Waals surface area contributed by atoms with Gasteiger partial charge in [-0.2, -0.15) is 0 Å². The largest absolute Gasteiger partial charge is 0.482 e. The summed E-state index contributed by atoms with van der Waals surface area (Å²) in [5.74, 6) is 1.51. The normalized spacial score (nSPS) is 17.5. The molecule has 0 unspecified atom stereocenters. The maximum atomic E-state index is 13.0. The third-order valence-electron chi connectivity index (χ3n) is 6.17. The summed E-state index contributed by atoms with van der Waals surface area (Å²) in [6, 6.07) is 10.9. The molecular weight excluding hydrogens is 426 g/mol. The molecule has 1 fully saturated rings. The number of hydrogen-bond acceptors (Lipinski definition) is 7. The summed E-state index contributed by atoms with van der Waals surface area (Å²) < 4.78 is 16.3. The minimum atomic E-state index is -0.294. The molecule has 2 aromatic carbocycles. The summed E-state index contributed by atoms with van der Waals surface area (Å²) in [5.41, 5.74) is 2.08. The third kappa shape index (κ3) is 4.36. The van der Waals surface area contributed by atoms with Crippen molar-refractivity contribution in [2.24, 2.45) is 0 Å². The van der Waals surface area contributed by atoms with Crippen LogP contribution in [0.5, 0.6) is 17.2 Å². The number of rotatable bonds is 5. The number of amides is 2. The number of hydrogen-bond donors (Lipinski definition) is 0. The maximum Gasteiger partial charge on any atom is 0.265 e. The van der Waals surface area contributed by atoms with Crippen molar-refractivity contribution in [3.05, 3.63) is 47.5 Å². The van der Waals surface area contributed by atoms with Gasteiger partial charge in [0.15, 0.2) is 23.9 Å². The predicted molar refractivity (Wildman–Crippen MR) is 119 cm³/mol. The SMILES string of the molecule is CC(=O)c1ccc2c(c1)N(CC(=O)N1CCN(Cc3ccc4c(c3)OCO4)CC1)C(=O)CO2. The molecule has 3 heterocycles. The fourth-order valence-electron chi connectivity index (χ4n) is 4.28. The number of carbonyl (C=O) groups excluding carboxylic acids is 3. The quantitative estimate of drug-likeness (QED) is 0.639. The van der Waals surface area contributed by atoms with Gasteiger partial charge in [0.2, 0.25) is 12.7 Å². The van der Waals surface area contributed by atoms with Crippen LogP contribution in [0.25, 0.3) is 0 Å². The lowest BCUT2D eigenvalue weighted by molar-refractivity contribution is -0.133. The van der Waals surface area contributed by atoms with Gasteiger partial charge in [0, 0.05) is 38.3 Å². The lowest BCUT2D eigenvalue weighted by Gasteiger charge is -2.36. The first-order chi connectivity index (χ1) is 16.0. The van der Waals surface area contributed by atoms with Crippen molar-refractivity contribution in [3.63, 3.8) is 0 Å². The number of carbonyl (C=O) groups is 3. The monoisotopic (exact) mass is 451 g/mol. The zero-order chi connectivity index (χ0) is 22.9. The molecule has 9 nitrogen and oxygen atoms in total. The summed E-state index contributed by atoms with van der Waals surface area (Å²) in [7, 11) is 0. The molecule has 0 atom stereocenters. The van der Waals surface area contributed by atoms with Crippen molar-refractivity contribution >= 4 is 23.3 Å². The minimum Gasteiger partial charge on any atom is -0.482 e. The highest BCUT2D eigenvalue weighted by Crippen LogP contribution is 2.34. The second-order valence-electron chi connectivity index (χ2n) is 8.35. The lowest BCUT2D eigenvalue weighted by Crippen LogP contribution is -2.52. The van der Waals surface area contributed by atoms with Crippen LogP contribution in [0.15, 0.2) is 36.4 Å². The average Bonchev–Trinajstić information content (AvgIpc) is 3.29. The molecule has 0 radical (unpaired) electrons. The van der Waals surface area contributed by atoms with Crippen molar-refractivity contribution in [1.82, 2.24) is 9.80 Å². The molecule has 172 valence electrons. The predicted octanol–water partition coefficient (Wildman–Crippen LogP) is 1.69. The molecule has 0 aliphatic carbocycles. The van der Waals surface area contributed by atoms with Crippen molar-refractivity contribution in [3.8, 4) is 17.2 Å². The van der Waals surface area contributed by atoms with Gasteiger partial charge in [-0.1, -0.05) is 6.07 Å². The van der Waals surface area contributed by atoms with Crippen LogP contribution in [-0.2, 0) is 16.1 Å². The van der Waals surface area contributed by atoms with Gasteiger partial charge < -0.3 is 19.1 Å². The summed E-state index contributed by atoms with van der Waals surface area (Å²) in [5, 5.41) is 0. The van der Waals surface area contributed by atoms with Crippen LogP contribution >= 0.6 is 0 Å². The number of nitrogens with zero attached hydrogens (tertiary/aromatic N) is 3. The molecule has 0 spiro atoms. The van der Waals surface area contributed by atoms with E-state index in [-0.39, 0.29) is 37.5 Å². The van der Waals surface area contributed by atoms with Gasteiger partial charge in [0.1, 0.15) is 12.3 Å². The minimum absolute atomic E-state index is 0.0707. The van der Waals surface area contributed by atoms with Crippen LogP contribution in [0.1, 0.15) is 22.8 Å². The molecular formula is C24H25N3O6. The van der Waals surface area contributed by atoms with E-state index in [1.165, 1.54) is 11.8 Å². The van der Waals surface area contributed by atoms with E-state index in [2.05, 4.69) is 4.90 Å². The van der Waals surface area contributed by atoms with Crippen molar-refractivity contribution < 1.29 is 28.6 Å². The van der Waals surface area contributed by atoms with E-state index in [9.17, 15) is 14.4 Å². The molecule has 2 aromatic rings. The Balaban J connectivity index is 1.20. The second kappa shape index (κ2) is 8.74. The molecule has 0 saturated carbocycles. The van der Waals surface area contributed by atoms with Gasteiger partial charge in [-0.3, -0.25) is 24.2 Å². The fraction of sp³-hybridized carbons (Fsp3) is 0.375. The van der Waals surface area contributed by atoms with Crippen molar-refractivity contribution in [2.75, 3.05) is 51.0 Å². The summed E-state index contributed by atoms with van der Waals surface area (Å²) >= 11 is 0. The Hall–Kier alpha value is -3.59. The number of fused-ring (bicyclic) bond motifs is 2. The van der Waals surface area contributed by atoms with Crippen molar-refractivity contribution in [2.45, 2.75) is 13.5 Å². The van der Waals surface area contributed by atoms with Crippen LogP contribution in [0.3, 0.4) is 0 Å². The molecule has 1 saturated heterocycles. The first-order valence-corrected chi connectivity index (χ1v) is 10.9. The van der Waals surface area contributed by atoms with E-state index in [1.807, 2.05) is 18.2 Å². The molecule has 0 bridgehead atoms. The van der Waals surface area contributed by atoms with E-state index in [0.29, 0.717) is 30.1 Å². The van der Waals surface area contributed by atoms with Gasteiger partial charge in [-0.25, -0.2) is 0 Å². The van der Waals surface area contributed by atoms with Gasteiger partial charge in [-0.15, -0.1) is 0 Å². The van der Waals surface area contributed by atoms with E-state index < -0.39 is 0 Å². The molecule has 3 aliphatic heterocycles. The zero-order valence-corrected chi connectivity index (χ0v) is 18.4. The van der Waals surface area contributed by atoms with Crippen LogP contribution in [0, 0.1) is 0 Å². The smallest absolute Gasteiger partial charge is 0.265 e. The summed E-state index contributed by atoms with van der Waals surface area (Å²) in [6.45, 7) is 4.94. The third-order valence-corrected chi connectivity index (χ3v) is 6.17. The standard InChI is InChI=1S/C24H25N3O6/c1-16(28)18-3-5-20-19(11-18)27(24(30)14-31-20)13-23(29)26-8-6-25(7-9-26)12-17-2-4-21-22(10-17)33-15-32-21/h2-5,10-11H,6-9,12-15H2,1H3. The van der Waals surface area contributed by atoms with Crippen LogP contribution in [0.2, 0.25) is 0 Å². The number of ether oxygens (including phenoxy) is 3. The van der Waals surface area contributed by atoms with Gasteiger partial charge >= 0.3 is 0 Å². The highest BCUT2D eigenvalue weighted by Gasteiger charge is 2.30. The Morgan fingerprint density at radius 2 is 1.67 bits per heavy atom. The van der Waals surface area contributed by atoms with Gasteiger partial charge in [0.25, 0.3) is 5.91 Å². The Bertz CT molecular complexity index is 1110. The van der Waals surface area contributed by atoms with Crippen LogP contribution < -0.4 is 19.1 Å². The fourth-order valence-corrected chi connectivity index (χ4v) is 4.28. The average molecular weight is 451 g/mol. The van der Waals surface area contributed by atoms with E-state index in [4.69, 9.17) is 14.2 Å². The first-order valence-electron chi connectivity index (χ1n) is 10.9.